The third kappa shape index (κ3) is 5.62. The summed E-state index contributed by atoms with van der Waals surface area (Å²) in [7, 11) is 0. The molecule has 0 saturated carbocycles. The SMILES string of the molecule is O=C(NCC1CCCN(CCC(F)(F)F)C1)c1cscn1. The second kappa shape index (κ2) is 7.22. The Morgan fingerprint density at radius 3 is 3.00 bits per heavy atom. The highest BCUT2D eigenvalue weighted by molar-refractivity contribution is 7.07. The van der Waals surface area contributed by atoms with Crippen LogP contribution in [0.25, 0.3) is 0 Å². The summed E-state index contributed by atoms with van der Waals surface area (Å²) in [5, 5.41) is 4.48. The molecule has 0 radical (unpaired) electrons. The Hall–Kier alpha value is -1.15. The fourth-order valence-electron chi connectivity index (χ4n) is 2.46. The van der Waals surface area contributed by atoms with Crippen LogP contribution in [-0.4, -0.2) is 48.1 Å². The molecule has 1 amide bonds. The van der Waals surface area contributed by atoms with Crippen LogP contribution in [0.15, 0.2) is 10.9 Å². The number of carbonyl (C=O) groups is 1. The number of likely N-dealkylation sites (tertiary alicyclic amines) is 1. The molecule has 1 aliphatic heterocycles. The van der Waals surface area contributed by atoms with Gasteiger partial charge in [0.05, 0.1) is 11.9 Å². The highest BCUT2D eigenvalue weighted by atomic mass is 32.1. The molecule has 0 spiro atoms. The standard InChI is InChI=1S/C13H18F3N3OS/c14-13(15,16)3-5-19-4-1-2-10(7-19)6-17-12(20)11-8-21-9-18-11/h8-10H,1-7H2,(H,17,20). The van der Waals surface area contributed by atoms with Crippen molar-refractivity contribution in [2.45, 2.75) is 25.4 Å². The number of amides is 1. The summed E-state index contributed by atoms with van der Waals surface area (Å²) in [5.74, 6) is -0.0155. The predicted molar refractivity (Wildman–Crippen MR) is 74.3 cm³/mol. The molecule has 2 rings (SSSR count). The molecule has 118 valence electrons. The highest BCUT2D eigenvalue weighted by Gasteiger charge is 2.29. The summed E-state index contributed by atoms with van der Waals surface area (Å²) in [6.45, 7) is 1.83. The van der Waals surface area contributed by atoms with Crippen LogP contribution in [0, 0.1) is 5.92 Å². The molecule has 1 aromatic heterocycles. The molecule has 1 unspecified atom stereocenters. The Bertz CT molecular complexity index is 450. The van der Waals surface area contributed by atoms with E-state index < -0.39 is 12.6 Å². The number of thiazole rings is 1. The van der Waals surface area contributed by atoms with Crippen molar-refractivity contribution in [1.29, 1.82) is 0 Å². The summed E-state index contributed by atoms with van der Waals surface area (Å²) in [6, 6.07) is 0. The minimum atomic E-state index is -4.11. The van der Waals surface area contributed by atoms with Crippen LogP contribution in [0.5, 0.6) is 0 Å². The second-order valence-corrected chi connectivity index (χ2v) is 5.98. The molecule has 1 atom stereocenters. The van der Waals surface area contributed by atoms with Crippen LogP contribution in [-0.2, 0) is 0 Å². The van der Waals surface area contributed by atoms with Crippen molar-refractivity contribution in [3.8, 4) is 0 Å². The Kier molecular flexibility index (Phi) is 5.58. The van der Waals surface area contributed by atoms with E-state index in [0.29, 0.717) is 25.3 Å². The molecule has 1 aliphatic rings. The van der Waals surface area contributed by atoms with E-state index >= 15 is 0 Å². The maximum Gasteiger partial charge on any atom is 0.390 e. The lowest BCUT2D eigenvalue weighted by atomic mass is 9.98. The average Bonchev–Trinajstić information content (AvgIpc) is 2.96. The number of piperidine rings is 1. The molecular formula is C13H18F3N3OS. The van der Waals surface area contributed by atoms with Crippen molar-refractivity contribution in [2.75, 3.05) is 26.2 Å². The van der Waals surface area contributed by atoms with Gasteiger partial charge in [-0.25, -0.2) is 4.98 Å². The lowest BCUT2D eigenvalue weighted by molar-refractivity contribution is -0.138. The average molecular weight is 321 g/mol. The van der Waals surface area contributed by atoms with Gasteiger partial charge >= 0.3 is 6.18 Å². The zero-order valence-electron chi connectivity index (χ0n) is 11.5. The van der Waals surface area contributed by atoms with Gasteiger partial charge in [-0.15, -0.1) is 11.3 Å². The molecule has 1 N–H and O–H groups in total. The van der Waals surface area contributed by atoms with Gasteiger partial charge in [0, 0.05) is 25.0 Å². The van der Waals surface area contributed by atoms with E-state index in [1.165, 1.54) is 11.3 Å². The quantitative estimate of drug-likeness (QED) is 0.906. The largest absolute Gasteiger partial charge is 0.390 e. The summed E-state index contributed by atoms with van der Waals surface area (Å²) >= 11 is 1.35. The minimum Gasteiger partial charge on any atom is -0.350 e. The van der Waals surface area contributed by atoms with Crippen molar-refractivity contribution in [1.82, 2.24) is 15.2 Å². The van der Waals surface area contributed by atoms with Crippen molar-refractivity contribution >= 4 is 17.2 Å². The van der Waals surface area contributed by atoms with Gasteiger partial charge in [0.2, 0.25) is 0 Å². The lowest BCUT2D eigenvalue weighted by Gasteiger charge is -2.32. The number of nitrogens with one attached hydrogen (secondary N) is 1. The maximum atomic E-state index is 12.2. The van der Waals surface area contributed by atoms with Crippen molar-refractivity contribution in [3.05, 3.63) is 16.6 Å². The van der Waals surface area contributed by atoms with Crippen molar-refractivity contribution in [2.24, 2.45) is 5.92 Å². The van der Waals surface area contributed by atoms with E-state index in [0.717, 1.165) is 12.8 Å². The van der Waals surface area contributed by atoms with Gasteiger partial charge in [-0.2, -0.15) is 13.2 Å². The first-order valence-corrected chi connectivity index (χ1v) is 7.84. The third-order valence-electron chi connectivity index (χ3n) is 3.53. The van der Waals surface area contributed by atoms with E-state index in [-0.39, 0.29) is 18.4 Å². The third-order valence-corrected chi connectivity index (χ3v) is 4.12. The zero-order chi connectivity index (χ0) is 15.3. The lowest BCUT2D eigenvalue weighted by Crippen LogP contribution is -2.42. The summed E-state index contributed by atoms with van der Waals surface area (Å²) in [5.41, 5.74) is 1.98. The first-order chi connectivity index (χ1) is 9.94. The summed E-state index contributed by atoms with van der Waals surface area (Å²) in [6.07, 6.45) is -3.08. The van der Waals surface area contributed by atoms with Gasteiger partial charge in [0.15, 0.2) is 0 Å². The van der Waals surface area contributed by atoms with Crippen molar-refractivity contribution in [3.63, 3.8) is 0 Å². The number of hydrogen-bond acceptors (Lipinski definition) is 4. The van der Waals surface area contributed by atoms with Gasteiger partial charge in [0.1, 0.15) is 5.69 Å². The van der Waals surface area contributed by atoms with Crippen LogP contribution < -0.4 is 5.32 Å². The Labute approximate surface area is 125 Å². The first kappa shape index (κ1) is 16.2. The number of halogens is 3. The van der Waals surface area contributed by atoms with Crippen LogP contribution in [0.3, 0.4) is 0 Å². The molecular weight excluding hydrogens is 303 g/mol. The van der Waals surface area contributed by atoms with E-state index in [4.69, 9.17) is 0 Å². The molecule has 0 aliphatic carbocycles. The second-order valence-electron chi connectivity index (χ2n) is 5.26. The molecule has 2 heterocycles. The van der Waals surface area contributed by atoms with Gasteiger partial charge in [-0.1, -0.05) is 0 Å². The minimum absolute atomic E-state index is 0.0417. The smallest absolute Gasteiger partial charge is 0.350 e. The number of hydrogen-bond donors (Lipinski definition) is 1. The Balaban J connectivity index is 1.72. The summed E-state index contributed by atoms with van der Waals surface area (Å²) < 4.78 is 36.7. The number of carbonyl (C=O) groups excluding carboxylic acids is 1. The van der Waals surface area contributed by atoms with Gasteiger partial charge < -0.3 is 10.2 Å². The fourth-order valence-corrected chi connectivity index (χ4v) is 2.99. The number of alkyl halides is 3. The van der Waals surface area contributed by atoms with Gasteiger partial charge in [0.25, 0.3) is 5.91 Å². The van der Waals surface area contributed by atoms with Crippen LogP contribution in [0.2, 0.25) is 0 Å². The van der Waals surface area contributed by atoms with Crippen LogP contribution in [0.4, 0.5) is 13.2 Å². The molecule has 1 saturated heterocycles. The molecule has 0 bridgehead atoms. The molecule has 21 heavy (non-hydrogen) atoms. The van der Waals surface area contributed by atoms with E-state index in [9.17, 15) is 18.0 Å². The van der Waals surface area contributed by atoms with E-state index in [1.807, 2.05) is 4.90 Å². The van der Waals surface area contributed by atoms with E-state index in [1.54, 1.807) is 10.9 Å². The molecule has 4 nitrogen and oxygen atoms in total. The van der Waals surface area contributed by atoms with Gasteiger partial charge in [-0.3, -0.25) is 4.79 Å². The predicted octanol–water partition coefficient (Wildman–Crippen LogP) is 2.54. The summed E-state index contributed by atoms with van der Waals surface area (Å²) in [4.78, 5) is 17.5. The molecule has 1 aromatic rings. The molecule has 0 aromatic carbocycles. The Morgan fingerprint density at radius 2 is 2.33 bits per heavy atom. The monoisotopic (exact) mass is 321 g/mol. The van der Waals surface area contributed by atoms with Crippen LogP contribution in [0.1, 0.15) is 29.8 Å². The first-order valence-electron chi connectivity index (χ1n) is 6.89. The number of nitrogens with zero attached hydrogens (tertiary/aromatic N) is 2. The number of rotatable bonds is 5. The van der Waals surface area contributed by atoms with Crippen LogP contribution >= 0.6 is 11.3 Å². The zero-order valence-corrected chi connectivity index (χ0v) is 12.3. The molecule has 1 fully saturated rings. The Morgan fingerprint density at radius 1 is 1.52 bits per heavy atom. The van der Waals surface area contributed by atoms with Crippen molar-refractivity contribution < 1.29 is 18.0 Å². The van der Waals surface area contributed by atoms with E-state index in [2.05, 4.69) is 10.3 Å². The normalized spacial score (nSPS) is 20.4. The number of aromatic nitrogens is 1. The van der Waals surface area contributed by atoms with Gasteiger partial charge in [-0.05, 0) is 25.3 Å². The fraction of sp³-hybridized carbons (Fsp3) is 0.692. The maximum absolute atomic E-state index is 12.2. The topological polar surface area (TPSA) is 45.2 Å². The molecule has 8 heteroatoms. The highest BCUT2D eigenvalue weighted by Crippen LogP contribution is 2.22.